The molecule has 0 heterocycles. The van der Waals surface area contributed by atoms with Gasteiger partial charge in [0, 0.05) is 19.0 Å². The number of nitrogens with zero attached hydrogens (tertiary/aromatic N) is 1. The topological polar surface area (TPSA) is 41.6 Å². The molecule has 1 saturated carbocycles. The molecule has 0 unspecified atom stereocenters. The summed E-state index contributed by atoms with van der Waals surface area (Å²) in [5.41, 5.74) is 0. The van der Waals surface area contributed by atoms with Crippen LogP contribution in [0.5, 0.6) is 0 Å². The summed E-state index contributed by atoms with van der Waals surface area (Å²) >= 11 is 0. The number of ether oxygens (including phenoxy) is 1. The monoisotopic (exact) mass is 270 g/mol. The van der Waals surface area contributed by atoms with E-state index >= 15 is 0 Å². The lowest BCUT2D eigenvalue weighted by molar-refractivity contribution is -0.126. The first-order valence-corrected chi connectivity index (χ1v) is 7.85. The van der Waals surface area contributed by atoms with E-state index in [0.29, 0.717) is 13.2 Å². The van der Waals surface area contributed by atoms with Crippen molar-refractivity contribution in [3.8, 4) is 0 Å². The predicted octanol–water partition coefficient (Wildman–Crippen LogP) is 2.04. The van der Waals surface area contributed by atoms with Gasteiger partial charge >= 0.3 is 0 Å². The molecule has 0 aromatic rings. The van der Waals surface area contributed by atoms with Crippen LogP contribution in [-0.2, 0) is 9.53 Å². The number of nitrogens with one attached hydrogen (secondary N) is 1. The molecular formula is C15H30N2O2. The van der Waals surface area contributed by atoms with E-state index in [4.69, 9.17) is 4.74 Å². The Bertz CT molecular complexity index is 236. The van der Waals surface area contributed by atoms with Crippen molar-refractivity contribution in [3.05, 3.63) is 0 Å². The lowest BCUT2D eigenvalue weighted by atomic mass is 9.89. The average molecular weight is 270 g/mol. The van der Waals surface area contributed by atoms with Crippen molar-refractivity contribution in [2.75, 3.05) is 39.4 Å². The number of hydrogen-bond acceptors (Lipinski definition) is 3. The average Bonchev–Trinajstić information content (AvgIpc) is 2.47. The summed E-state index contributed by atoms with van der Waals surface area (Å²) in [7, 11) is 0. The van der Waals surface area contributed by atoms with Crippen LogP contribution in [0.3, 0.4) is 0 Å². The van der Waals surface area contributed by atoms with Crippen molar-refractivity contribution in [3.63, 3.8) is 0 Å². The summed E-state index contributed by atoms with van der Waals surface area (Å²) in [5, 5.41) is 2.99. The van der Waals surface area contributed by atoms with Gasteiger partial charge in [-0.25, -0.2) is 0 Å². The van der Waals surface area contributed by atoms with Crippen molar-refractivity contribution < 1.29 is 9.53 Å². The third-order valence-corrected chi connectivity index (χ3v) is 3.97. The fourth-order valence-corrected chi connectivity index (χ4v) is 2.59. The van der Waals surface area contributed by atoms with Crippen LogP contribution in [0.1, 0.15) is 46.0 Å². The lowest BCUT2D eigenvalue weighted by Gasteiger charge is -2.21. The highest BCUT2D eigenvalue weighted by molar-refractivity contribution is 5.78. The van der Waals surface area contributed by atoms with Crippen LogP contribution in [0, 0.1) is 5.92 Å². The van der Waals surface area contributed by atoms with Gasteiger partial charge in [-0.3, -0.25) is 4.79 Å². The van der Waals surface area contributed by atoms with E-state index in [1.165, 1.54) is 19.3 Å². The van der Waals surface area contributed by atoms with E-state index in [1.807, 2.05) is 0 Å². The number of carbonyl (C=O) groups is 1. The van der Waals surface area contributed by atoms with E-state index in [9.17, 15) is 4.79 Å². The fraction of sp³-hybridized carbons (Fsp3) is 0.933. The van der Waals surface area contributed by atoms with Crippen molar-refractivity contribution in [2.45, 2.75) is 46.0 Å². The molecule has 112 valence electrons. The second-order valence-corrected chi connectivity index (χ2v) is 5.27. The third-order valence-electron chi connectivity index (χ3n) is 3.97. The molecule has 0 aromatic heterocycles. The maximum absolute atomic E-state index is 11.9. The molecule has 0 radical (unpaired) electrons. The van der Waals surface area contributed by atoms with E-state index < -0.39 is 0 Å². The highest BCUT2D eigenvalue weighted by Crippen LogP contribution is 2.23. The molecule has 0 aliphatic heterocycles. The van der Waals surface area contributed by atoms with Crippen LogP contribution < -0.4 is 5.32 Å². The maximum atomic E-state index is 11.9. The maximum Gasteiger partial charge on any atom is 0.223 e. The van der Waals surface area contributed by atoms with E-state index in [1.54, 1.807) is 0 Å². The quantitative estimate of drug-likeness (QED) is 0.652. The smallest absolute Gasteiger partial charge is 0.223 e. The Hall–Kier alpha value is -0.610. The Morgan fingerprint density at radius 2 is 1.84 bits per heavy atom. The highest BCUT2D eigenvalue weighted by atomic mass is 16.5. The Balaban J connectivity index is 1.96. The number of hydrogen-bond donors (Lipinski definition) is 1. The summed E-state index contributed by atoms with van der Waals surface area (Å²) in [6.07, 6.45) is 5.83. The molecule has 0 spiro atoms. The van der Waals surface area contributed by atoms with E-state index in [2.05, 4.69) is 24.1 Å². The Labute approximate surface area is 117 Å². The highest BCUT2D eigenvalue weighted by Gasteiger charge is 2.20. The lowest BCUT2D eigenvalue weighted by Crippen LogP contribution is -2.34. The molecule has 0 bridgehead atoms. The summed E-state index contributed by atoms with van der Waals surface area (Å²) in [6.45, 7) is 9.45. The van der Waals surface area contributed by atoms with Crippen LogP contribution >= 0.6 is 0 Å². The molecule has 1 N–H and O–H groups in total. The molecule has 1 aliphatic carbocycles. The van der Waals surface area contributed by atoms with Gasteiger partial charge in [0.1, 0.15) is 0 Å². The zero-order valence-corrected chi connectivity index (χ0v) is 12.6. The van der Waals surface area contributed by atoms with Crippen LogP contribution in [-0.4, -0.2) is 50.2 Å². The standard InChI is InChI=1S/C15H30N2O2/c1-3-17(4-2)11-13-19-12-10-16-15(18)14-8-6-5-7-9-14/h14H,3-13H2,1-2H3,(H,16,18). The van der Waals surface area contributed by atoms with Gasteiger partial charge in [0.15, 0.2) is 0 Å². The van der Waals surface area contributed by atoms with Crippen LogP contribution in [0.25, 0.3) is 0 Å². The number of amides is 1. The van der Waals surface area contributed by atoms with Crippen molar-refractivity contribution >= 4 is 5.91 Å². The first-order chi connectivity index (χ1) is 9.27. The van der Waals surface area contributed by atoms with Gasteiger partial charge in [0.05, 0.1) is 13.2 Å². The molecule has 1 rings (SSSR count). The van der Waals surface area contributed by atoms with E-state index in [-0.39, 0.29) is 11.8 Å². The SMILES string of the molecule is CCN(CC)CCOCCNC(=O)C1CCCCC1. The largest absolute Gasteiger partial charge is 0.378 e. The molecule has 4 nitrogen and oxygen atoms in total. The second kappa shape index (κ2) is 10.2. The van der Waals surface area contributed by atoms with Crippen LogP contribution in [0.4, 0.5) is 0 Å². The Kier molecular flexibility index (Phi) is 8.84. The van der Waals surface area contributed by atoms with Gasteiger partial charge in [-0.1, -0.05) is 33.1 Å². The molecule has 0 aromatic carbocycles. The molecule has 19 heavy (non-hydrogen) atoms. The number of carbonyl (C=O) groups excluding carboxylic acids is 1. The third kappa shape index (κ3) is 6.92. The molecule has 1 amide bonds. The summed E-state index contributed by atoms with van der Waals surface area (Å²) in [5.74, 6) is 0.483. The number of likely N-dealkylation sites (N-methyl/N-ethyl adjacent to an activating group) is 1. The second-order valence-electron chi connectivity index (χ2n) is 5.27. The normalized spacial score (nSPS) is 16.8. The minimum Gasteiger partial charge on any atom is -0.378 e. The van der Waals surface area contributed by atoms with Crippen molar-refractivity contribution in [2.24, 2.45) is 5.92 Å². The van der Waals surface area contributed by atoms with Gasteiger partial charge in [0.2, 0.25) is 5.91 Å². The summed E-state index contributed by atoms with van der Waals surface area (Å²) in [6, 6.07) is 0. The Morgan fingerprint density at radius 3 is 2.47 bits per heavy atom. The van der Waals surface area contributed by atoms with Crippen LogP contribution in [0.15, 0.2) is 0 Å². The van der Waals surface area contributed by atoms with Gasteiger partial charge in [0.25, 0.3) is 0 Å². The summed E-state index contributed by atoms with van der Waals surface area (Å²) < 4.78 is 5.55. The molecule has 0 saturated heterocycles. The van der Waals surface area contributed by atoms with E-state index in [0.717, 1.165) is 39.1 Å². The molecule has 1 aliphatic rings. The van der Waals surface area contributed by atoms with Gasteiger partial charge in [-0.05, 0) is 25.9 Å². The minimum absolute atomic E-state index is 0.229. The molecule has 1 fully saturated rings. The van der Waals surface area contributed by atoms with Gasteiger partial charge < -0.3 is 15.0 Å². The first-order valence-electron chi connectivity index (χ1n) is 7.85. The number of rotatable bonds is 9. The fourth-order valence-electron chi connectivity index (χ4n) is 2.59. The van der Waals surface area contributed by atoms with Crippen molar-refractivity contribution in [1.29, 1.82) is 0 Å². The Morgan fingerprint density at radius 1 is 1.16 bits per heavy atom. The predicted molar refractivity (Wildman–Crippen MR) is 78.2 cm³/mol. The molecular weight excluding hydrogens is 240 g/mol. The zero-order valence-electron chi connectivity index (χ0n) is 12.6. The summed E-state index contributed by atoms with van der Waals surface area (Å²) in [4.78, 5) is 14.2. The van der Waals surface area contributed by atoms with Crippen LogP contribution in [0.2, 0.25) is 0 Å². The zero-order chi connectivity index (χ0) is 13.9. The molecule has 0 atom stereocenters. The first kappa shape index (κ1) is 16.4. The van der Waals surface area contributed by atoms with Crippen molar-refractivity contribution in [1.82, 2.24) is 10.2 Å². The minimum atomic E-state index is 0.229. The van der Waals surface area contributed by atoms with Gasteiger partial charge in [-0.15, -0.1) is 0 Å². The molecule has 4 heteroatoms. The van der Waals surface area contributed by atoms with Gasteiger partial charge in [-0.2, -0.15) is 0 Å².